The molecule has 0 amide bonds. The Labute approximate surface area is 141 Å². The maximum atomic E-state index is 13.6. The SMILES string of the molecule is CC(C)N1CCC[C@H]1c1cccc(-c2cc(F)ccc2C(=O)O)n1. The van der Waals surface area contributed by atoms with Gasteiger partial charge < -0.3 is 5.11 Å². The Kier molecular flexibility index (Phi) is 4.62. The largest absolute Gasteiger partial charge is 0.478 e. The second kappa shape index (κ2) is 6.69. The Morgan fingerprint density at radius 2 is 2.12 bits per heavy atom. The Morgan fingerprint density at radius 3 is 2.83 bits per heavy atom. The fourth-order valence-corrected chi connectivity index (χ4v) is 3.43. The highest BCUT2D eigenvalue weighted by atomic mass is 19.1. The quantitative estimate of drug-likeness (QED) is 0.917. The maximum absolute atomic E-state index is 13.6. The molecule has 1 N–H and O–H groups in total. The van der Waals surface area contributed by atoms with Gasteiger partial charge in [-0.15, -0.1) is 0 Å². The Balaban J connectivity index is 2.03. The van der Waals surface area contributed by atoms with E-state index in [1.807, 2.05) is 12.1 Å². The molecule has 1 fully saturated rings. The molecule has 0 radical (unpaired) electrons. The van der Waals surface area contributed by atoms with Crippen molar-refractivity contribution in [2.24, 2.45) is 0 Å². The molecule has 1 saturated heterocycles. The molecule has 5 heteroatoms. The summed E-state index contributed by atoms with van der Waals surface area (Å²) in [5.41, 5.74) is 1.80. The molecular formula is C19H21FN2O2. The number of hydrogen-bond donors (Lipinski definition) is 1. The number of hydrogen-bond acceptors (Lipinski definition) is 3. The van der Waals surface area contributed by atoms with E-state index >= 15 is 0 Å². The molecule has 1 aliphatic rings. The molecule has 0 bridgehead atoms. The Hall–Kier alpha value is -2.27. The van der Waals surface area contributed by atoms with Gasteiger partial charge in [-0.2, -0.15) is 0 Å². The van der Waals surface area contributed by atoms with Crippen molar-refractivity contribution in [2.45, 2.75) is 38.8 Å². The lowest BCUT2D eigenvalue weighted by Gasteiger charge is -2.28. The zero-order valence-electron chi connectivity index (χ0n) is 13.9. The smallest absolute Gasteiger partial charge is 0.336 e. The summed E-state index contributed by atoms with van der Waals surface area (Å²) in [5, 5.41) is 9.36. The molecule has 2 heterocycles. The van der Waals surface area contributed by atoms with Crippen molar-refractivity contribution in [3.8, 4) is 11.3 Å². The molecule has 3 rings (SSSR count). The van der Waals surface area contributed by atoms with Gasteiger partial charge in [-0.1, -0.05) is 6.07 Å². The fraction of sp³-hybridized carbons (Fsp3) is 0.368. The van der Waals surface area contributed by atoms with Crippen molar-refractivity contribution in [3.63, 3.8) is 0 Å². The van der Waals surface area contributed by atoms with Gasteiger partial charge >= 0.3 is 5.97 Å². The molecule has 0 saturated carbocycles. The van der Waals surface area contributed by atoms with Crippen LogP contribution in [0.1, 0.15) is 48.8 Å². The maximum Gasteiger partial charge on any atom is 0.336 e. The molecule has 0 spiro atoms. The van der Waals surface area contributed by atoms with E-state index in [9.17, 15) is 14.3 Å². The minimum absolute atomic E-state index is 0.0631. The first-order chi connectivity index (χ1) is 11.5. The van der Waals surface area contributed by atoms with E-state index in [2.05, 4.69) is 23.7 Å². The number of likely N-dealkylation sites (tertiary alicyclic amines) is 1. The molecule has 1 aliphatic heterocycles. The number of carboxylic acid groups (broad SMARTS) is 1. The predicted octanol–water partition coefficient (Wildman–Crippen LogP) is 4.13. The molecule has 1 aromatic carbocycles. The van der Waals surface area contributed by atoms with Gasteiger partial charge in [-0.05, 0) is 63.6 Å². The van der Waals surface area contributed by atoms with E-state index in [4.69, 9.17) is 0 Å². The molecule has 24 heavy (non-hydrogen) atoms. The van der Waals surface area contributed by atoms with Crippen LogP contribution in [0, 0.1) is 5.82 Å². The number of carbonyl (C=O) groups is 1. The van der Waals surface area contributed by atoms with Crippen LogP contribution in [-0.2, 0) is 0 Å². The number of halogens is 1. The molecule has 4 nitrogen and oxygen atoms in total. The normalized spacial score (nSPS) is 18.2. The zero-order valence-corrected chi connectivity index (χ0v) is 13.9. The summed E-state index contributed by atoms with van der Waals surface area (Å²) < 4.78 is 13.6. The molecule has 1 atom stereocenters. The van der Waals surface area contributed by atoms with Gasteiger partial charge in [0.1, 0.15) is 5.82 Å². The molecule has 2 aromatic rings. The van der Waals surface area contributed by atoms with Gasteiger partial charge in [0, 0.05) is 11.6 Å². The summed E-state index contributed by atoms with van der Waals surface area (Å²) in [5.74, 6) is -1.55. The Bertz CT molecular complexity index is 761. The van der Waals surface area contributed by atoms with Crippen molar-refractivity contribution in [1.82, 2.24) is 9.88 Å². The number of benzene rings is 1. The lowest BCUT2D eigenvalue weighted by Crippen LogP contribution is -2.30. The van der Waals surface area contributed by atoms with Gasteiger partial charge in [0.2, 0.25) is 0 Å². The minimum atomic E-state index is -1.08. The summed E-state index contributed by atoms with van der Waals surface area (Å²) in [6.45, 7) is 5.36. The number of nitrogens with zero attached hydrogens (tertiary/aromatic N) is 2. The van der Waals surface area contributed by atoms with E-state index in [0.717, 1.165) is 31.1 Å². The summed E-state index contributed by atoms with van der Waals surface area (Å²) in [7, 11) is 0. The van der Waals surface area contributed by atoms with Crippen LogP contribution in [0.4, 0.5) is 4.39 Å². The van der Waals surface area contributed by atoms with E-state index in [0.29, 0.717) is 17.3 Å². The third-order valence-electron chi connectivity index (χ3n) is 4.56. The van der Waals surface area contributed by atoms with E-state index in [-0.39, 0.29) is 11.6 Å². The predicted molar refractivity (Wildman–Crippen MR) is 90.4 cm³/mol. The number of aromatic nitrogens is 1. The van der Waals surface area contributed by atoms with Crippen molar-refractivity contribution in [1.29, 1.82) is 0 Å². The topological polar surface area (TPSA) is 53.4 Å². The zero-order chi connectivity index (χ0) is 17.3. The highest BCUT2D eigenvalue weighted by molar-refractivity contribution is 5.95. The van der Waals surface area contributed by atoms with E-state index in [1.54, 1.807) is 6.07 Å². The molecular weight excluding hydrogens is 307 g/mol. The van der Waals surface area contributed by atoms with Gasteiger partial charge in [0.25, 0.3) is 0 Å². The summed E-state index contributed by atoms with van der Waals surface area (Å²) in [4.78, 5) is 18.5. The van der Waals surface area contributed by atoms with Crippen LogP contribution in [0.3, 0.4) is 0 Å². The van der Waals surface area contributed by atoms with Crippen molar-refractivity contribution in [3.05, 3.63) is 53.5 Å². The number of aromatic carboxylic acids is 1. The summed E-state index contributed by atoms with van der Waals surface area (Å²) in [6, 6.07) is 9.91. The number of rotatable bonds is 4. The average molecular weight is 328 g/mol. The van der Waals surface area contributed by atoms with Gasteiger partial charge in [0.15, 0.2) is 0 Å². The van der Waals surface area contributed by atoms with Crippen LogP contribution < -0.4 is 0 Å². The first kappa shape index (κ1) is 16.6. The van der Waals surface area contributed by atoms with E-state index in [1.165, 1.54) is 12.1 Å². The van der Waals surface area contributed by atoms with Crippen LogP contribution in [0.25, 0.3) is 11.3 Å². The first-order valence-electron chi connectivity index (χ1n) is 8.23. The molecule has 0 unspecified atom stereocenters. The van der Waals surface area contributed by atoms with Crippen LogP contribution in [0.5, 0.6) is 0 Å². The summed E-state index contributed by atoms with van der Waals surface area (Å²) in [6.07, 6.45) is 2.15. The molecule has 0 aliphatic carbocycles. The standard InChI is InChI=1S/C19H21FN2O2/c1-12(2)22-10-4-7-18(22)17-6-3-5-16(21-17)15-11-13(20)8-9-14(15)19(23)24/h3,5-6,8-9,11-12,18H,4,7,10H2,1-2H3,(H,23,24)/t18-/m0/s1. The highest BCUT2D eigenvalue weighted by Crippen LogP contribution is 2.34. The van der Waals surface area contributed by atoms with Gasteiger partial charge in [-0.25, -0.2) is 9.18 Å². The Morgan fingerprint density at radius 1 is 1.33 bits per heavy atom. The van der Waals surface area contributed by atoms with Gasteiger partial charge in [-0.3, -0.25) is 9.88 Å². The third kappa shape index (κ3) is 3.17. The van der Waals surface area contributed by atoms with Crippen LogP contribution in [0.15, 0.2) is 36.4 Å². The first-order valence-corrected chi connectivity index (χ1v) is 8.23. The highest BCUT2D eigenvalue weighted by Gasteiger charge is 2.29. The van der Waals surface area contributed by atoms with Gasteiger partial charge in [0.05, 0.1) is 23.0 Å². The third-order valence-corrected chi connectivity index (χ3v) is 4.56. The summed E-state index contributed by atoms with van der Waals surface area (Å²) >= 11 is 0. The lowest BCUT2D eigenvalue weighted by atomic mass is 10.0. The van der Waals surface area contributed by atoms with Crippen molar-refractivity contribution < 1.29 is 14.3 Å². The van der Waals surface area contributed by atoms with Crippen LogP contribution >= 0.6 is 0 Å². The minimum Gasteiger partial charge on any atom is -0.478 e. The number of pyridine rings is 1. The molecule has 1 aromatic heterocycles. The second-order valence-corrected chi connectivity index (χ2v) is 6.43. The monoisotopic (exact) mass is 328 g/mol. The number of carboxylic acids is 1. The average Bonchev–Trinajstić information content (AvgIpc) is 3.04. The van der Waals surface area contributed by atoms with Crippen molar-refractivity contribution in [2.75, 3.05) is 6.54 Å². The molecule has 126 valence electrons. The van der Waals surface area contributed by atoms with Crippen LogP contribution in [0.2, 0.25) is 0 Å². The van der Waals surface area contributed by atoms with E-state index < -0.39 is 11.8 Å². The second-order valence-electron chi connectivity index (χ2n) is 6.43. The van der Waals surface area contributed by atoms with Crippen LogP contribution in [-0.4, -0.2) is 33.5 Å². The van der Waals surface area contributed by atoms with Crippen molar-refractivity contribution >= 4 is 5.97 Å². The lowest BCUT2D eigenvalue weighted by molar-refractivity contribution is 0.0697. The fourth-order valence-electron chi connectivity index (χ4n) is 3.43.